The third kappa shape index (κ3) is 4.87. The molecule has 2 aliphatic heterocycles. The summed E-state index contributed by atoms with van der Waals surface area (Å²) in [5.41, 5.74) is 0.711. The van der Waals surface area contributed by atoms with Crippen molar-refractivity contribution in [3.8, 4) is 0 Å². The second-order valence-electron chi connectivity index (χ2n) is 7.47. The number of hydrogen-bond acceptors (Lipinski definition) is 3. The van der Waals surface area contributed by atoms with Gasteiger partial charge in [0.2, 0.25) is 11.8 Å². The van der Waals surface area contributed by atoms with E-state index in [0.717, 1.165) is 32.2 Å². The lowest BCUT2D eigenvalue weighted by atomic mass is 9.95. The van der Waals surface area contributed by atoms with Gasteiger partial charge in [0.05, 0.1) is 5.92 Å². The molecule has 0 bridgehead atoms. The molecular formula is C21H29N3O3. The Kier molecular flexibility index (Phi) is 6.48. The second-order valence-corrected chi connectivity index (χ2v) is 7.47. The van der Waals surface area contributed by atoms with E-state index in [1.807, 2.05) is 47.1 Å². The Bertz CT molecular complexity index is 669. The van der Waals surface area contributed by atoms with Crippen LogP contribution in [0.4, 0.5) is 0 Å². The molecule has 6 nitrogen and oxygen atoms in total. The first-order valence-corrected chi connectivity index (χ1v) is 10.0. The predicted molar refractivity (Wildman–Crippen MR) is 103 cm³/mol. The van der Waals surface area contributed by atoms with E-state index in [-0.39, 0.29) is 29.7 Å². The van der Waals surface area contributed by atoms with E-state index in [2.05, 4.69) is 5.32 Å². The third-order valence-electron chi connectivity index (χ3n) is 5.60. The van der Waals surface area contributed by atoms with E-state index < -0.39 is 0 Å². The van der Waals surface area contributed by atoms with Crippen LogP contribution >= 0.6 is 0 Å². The Morgan fingerprint density at radius 3 is 2.37 bits per heavy atom. The van der Waals surface area contributed by atoms with Crippen molar-refractivity contribution in [2.45, 2.75) is 45.1 Å². The average molecular weight is 371 g/mol. The highest BCUT2D eigenvalue weighted by atomic mass is 16.2. The smallest absolute Gasteiger partial charge is 0.253 e. The van der Waals surface area contributed by atoms with E-state index in [1.165, 1.54) is 0 Å². The first kappa shape index (κ1) is 19.4. The summed E-state index contributed by atoms with van der Waals surface area (Å²) in [6.45, 7) is 4.46. The van der Waals surface area contributed by atoms with Crippen molar-refractivity contribution >= 4 is 17.7 Å². The van der Waals surface area contributed by atoms with Crippen LogP contribution in [0.1, 0.15) is 49.4 Å². The van der Waals surface area contributed by atoms with Crippen LogP contribution in [0.5, 0.6) is 0 Å². The molecule has 1 atom stereocenters. The highest BCUT2D eigenvalue weighted by molar-refractivity contribution is 5.94. The molecule has 0 spiro atoms. The lowest BCUT2D eigenvalue weighted by Crippen LogP contribution is -2.50. The van der Waals surface area contributed by atoms with E-state index >= 15 is 0 Å². The zero-order valence-electron chi connectivity index (χ0n) is 16.0. The van der Waals surface area contributed by atoms with Crippen LogP contribution in [-0.2, 0) is 9.59 Å². The van der Waals surface area contributed by atoms with Crippen LogP contribution in [0, 0.1) is 5.92 Å². The number of rotatable bonds is 4. The van der Waals surface area contributed by atoms with Gasteiger partial charge in [-0.3, -0.25) is 14.4 Å². The number of piperidine rings is 2. The number of hydrogen-bond donors (Lipinski definition) is 1. The monoisotopic (exact) mass is 371 g/mol. The van der Waals surface area contributed by atoms with Gasteiger partial charge in [0.25, 0.3) is 5.91 Å². The van der Waals surface area contributed by atoms with E-state index in [1.54, 1.807) is 0 Å². The number of amides is 3. The Balaban J connectivity index is 1.47. The summed E-state index contributed by atoms with van der Waals surface area (Å²) >= 11 is 0. The molecule has 2 aliphatic rings. The maximum Gasteiger partial charge on any atom is 0.253 e. The van der Waals surface area contributed by atoms with Gasteiger partial charge in [0.15, 0.2) is 0 Å². The molecular weight excluding hydrogens is 342 g/mol. The number of likely N-dealkylation sites (tertiary alicyclic amines) is 2. The Morgan fingerprint density at radius 1 is 1.00 bits per heavy atom. The predicted octanol–water partition coefficient (Wildman–Crippen LogP) is 2.06. The van der Waals surface area contributed by atoms with Gasteiger partial charge >= 0.3 is 0 Å². The Labute approximate surface area is 160 Å². The molecule has 6 heteroatoms. The molecule has 0 aromatic heterocycles. The highest BCUT2D eigenvalue weighted by Crippen LogP contribution is 2.19. The maximum atomic E-state index is 12.6. The molecule has 2 heterocycles. The van der Waals surface area contributed by atoms with Crippen molar-refractivity contribution in [2.75, 3.05) is 26.2 Å². The van der Waals surface area contributed by atoms with Crippen molar-refractivity contribution < 1.29 is 14.4 Å². The molecule has 3 rings (SSSR count). The van der Waals surface area contributed by atoms with Crippen LogP contribution in [0.2, 0.25) is 0 Å². The van der Waals surface area contributed by atoms with Gasteiger partial charge in [0.1, 0.15) is 0 Å². The van der Waals surface area contributed by atoms with Crippen LogP contribution in [-0.4, -0.2) is 59.7 Å². The summed E-state index contributed by atoms with van der Waals surface area (Å²) in [4.78, 5) is 40.7. The van der Waals surface area contributed by atoms with Crippen LogP contribution in [0.15, 0.2) is 30.3 Å². The van der Waals surface area contributed by atoms with Crippen molar-refractivity contribution in [2.24, 2.45) is 5.92 Å². The lowest BCUT2D eigenvalue weighted by molar-refractivity contribution is -0.135. The number of nitrogens with one attached hydrogen (secondary N) is 1. The third-order valence-corrected chi connectivity index (χ3v) is 5.60. The number of nitrogens with zero attached hydrogens (tertiary/aromatic N) is 2. The molecule has 1 aromatic carbocycles. The summed E-state index contributed by atoms with van der Waals surface area (Å²) in [7, 11) is 0. The zero-order valence-corrected chi connectivity index (χ0v) is 16.0. The molecule has 0 aliphatic carbocycles. The van der Waals surface area contributed by atoms with Crippen LogP contribution in [0.25, 0.3) is 0 Å². The molecule has 0 radical (unpaired) electrons. The largest absolute Gasteiger partial charge is 0.353 e. The minimum absolute atomic E-state index is 0.0523. The van der Waals surface area contributed by atoms with Crippen molar-refractivity contribution in [3.63, 3.8) is 0 Å². The summed E-state index contributed by atoms with van der Waals surface area (Å²) < 4.78 is 0. The van der Waals surface area contributed by atoms with Crippen LogP contribution < -0.4 is 5.32 Å². The molecule has 2 saturated heterocycles. The molecule has 3 amide bonds. The molecule has 1 aromatic rings. The maximum absolute atomic E-state index is 12.6. The number of benzene rings is 1. The SMILES string of the molecule is CCC(=O)N1CCC[C@@H](C(=O)NC2CCN(C(=O)c3ccccc3)CC2)C1. The second kappa shape index (κ2) is 9.02. The molecule has 1 N–H and O–H groups in total. The van der Waals surface area contributed by atoms with Gasteiger partial charge in [0, 0.05) is 44.2 Å². The lowest BCUT2D eigenvalue weighted by Gasteiger charge is -2.35. The fourth-order valence-electron chi connectivity index (χ4n) is 3.95. The van der Waals surface area contributed by atoms with E-state index in [9.17, 15) is 14.4 Å². The molecule has 2 fully saturated rings. The summed E-state index contributed by atoms with van der Waals surface area (Å²) in [6, 6.07) is 9.42. The average Bonchev–Trinajstić information content (AvgIpc) is 2.74. The summed E-state index contributed by atoms with van der Waals surface area (Å²) in [5, 5.41) is 3.15. The molecule has 146 valence electrons. The minimum atomic E-state index is -0.113. The standard InChI is InChI=1S/C21H29N3O3/c1-2-19(25)24-12-6-9-17(15-24)20(26)22-18-10-13-23(14-11-18)21(27)16-7-4-3-5-8-16/h3-5,7-8,17-18H,2,6,9-15H2,1H3,(H,22,26)/t17-/m1/s1. The Hall–Kier alpha value is -2.37. The van der Waals surface area contributed by atoms with Crippen molar-refractivity contribution in [1.82, 2.24) is 15.1 Å². The van der Waals surface area contributed by atoms with Crippen LogP contribution in [0.3, 0.4) is 0 Å². The zero-order chi connectivity index (χ0) is 19.2. The van der Waals surface area contributed by atoms with Crippen molar-refractivity contribution in [1.29, 1.82) is 0 Å². The minimum Gasteiger partial charge on any atom is -0.353 e. The van der Waals surface area contributed by atoms with E-state index in [0.29, 0.717) is 31.6 Å². The van der Waals surface area contributed by atoms with Gasteiger partial charge in [-0.15, -0.1) is 0 Å². The van der Waals surface area contributed by atoms with E-state index in [4.69, 9.17) is 0 Å². The van der Waals surface area contributed by atoms with Gasteiger partial charge in [-0.05, 0) is 37.8 Å². The normalized spacial score (nSPS) is 21.0. The first-order chi connectivity index (χ1) is 13.1. The number of carbonyl (C=O) groups excluding carboxylic acids is 3. The Morgan fingerprint density at radius 2 is 1.70 bits per heavy atom. The highest BCUT2D eigenvalue weighted by Gasteiger charge is 2.30. The fourth-order valence-corrected chi connectivity index (χ4v) is 3.95. The summed E-state index contributed by atoms with van der Waals surface area (Å²) in [5.74, 6) is 0.122. The quantitative estimate of drug-likeness (QED) is 0.881. The van der Waals surface area contributed by atoms with Gasteiger partial charge < -0.3 is 15.1 Å². The number of carbonyl (C=O) groups is 3. The molecule has 0 unspecified atom stereocenters. The molecule has 27 heavy (non-hydrogen) atoms. The topological polar surface area (TPSA) is 69.7 Å². The van der Waals surface area contributed by atoms with Gasteiger partial charge in [-0.2, -0.15) is 0 Å². The van der Waals surface area contributed by atoms with Gasteiger partial charge in [-0.25, -0.2) is 0 Å². The fraction of sp³-hybridized carbons (Fsp3) is 0.571. The first-order valence-electron chi connectivity index (χ1n) is 10.0. The summed E-state index contributed by atoms with van der Waals surface area (Å²) in [6.07, 6.45) is 3.75. The van der Waals surface area contributed by atoms with Crippen molar-refractivity contribution in [3.05, 3.63) is 35.9 Å². The van der Waals surface area contributed by atoms with Gasteiger partial charge in [-0.1, -0.05) is 25.1 Å². The molecule has 0 saturated carbocycles.